The fraction of sp³-hybridized carbons (Fsp3) is 0.0769. The molecule has 2 aromatic rings. The zero-order valence-electron chi connectivity index (χ0n) is 9.88. The smallest absolute Gasteiger partial charge is 0.353 e. The summed E-state index contributed by atoms with van der Waals surface area (Å²) in [5, 5.41) is 1.78. The maximum atomic E-state index is 11.8. The Labute approximate surface area is 122 Å². The number of carbonyl (C=O) groups is 2. The highest BCUT2D eigenvalue weighted by atomic mass is 79.9. The molecular weight excluding hydrogens is 332 g/mol. The van der Waals surface area contributed by atoms with Crippen LogP contribution in [0.2, 0.25) is 0 Å². The van der Waals surface area contributed by atoms with Crippen LogP contribution in [0.1, 0.15) is 20.0 Å². The second-order valence-electron chi connectivity index (χ2n) is 3.50. The van der Waals surface area contributed by atoms with Gasteiger partial charge in [-0.15, -0.1) is 11.3 Å². The molecule has 1 aromatic carbocycles. The van der Waals surface area contributed by atoms with E-state index in [1.165, 1.54) is 18.4 Å². The van der Waals surface area contributed by atoms with E-state index in [4.69, 9.17) is 4.74 Å². The van der Waals surface area contributed by atoms with Crippen molar-refractivity contribution in [2.24, 2.45) is 0 Å². The molecule has 0 saturated carbocycles. The molecule has 0 radical (unpaired) electrons. The monoisotopic (exact) mass is 340 g/mol. The van der Waals surface area contributed by atoms with Crippen molar-refractivity contribution in [3.8, 4) is 5.75 Å². The lowest BCUT2D eigenvalue weighted by Gasteiger charge is -2.08. The van der Waals surface area contributed by atoms with Crippen LogP contribution in [-0.4, -0.2) is 19.0 Å². The molecular formula is C13H9BrO4S. The Morgan fingerprint density at radius 1 is 1.21 bits per heavy atom. The topological polar surface area (TPSA) is 52.6 Å². The lowest BCUT2D eigenvalue weighted by molar-refractivity contribution is 0.0593. The number of ether oxygens (including phenoxy) is 2. The number of halogens is 1. The number of methoxy groups -OCH3 is 1. The minimum atomic E-state index is -0.560. The van der Waals surface area contributed by atoms with Gasteiger partial charge in [-0.1, -0.05) is 22.0 Å². The molecule has 1 heterocycles. The molecule has 2 rings (SSSR count). The van der Waals surface area contributed by atoms with E-state index in [0.29, 0.717) is 9.35 Å². The number of thiophene rings is 1. The largest absolute Gasteiger partial charge is 0.465 e. The lowest BCUT2D eigenvalue weighted by atomic mass is 10.2. The molecule has 6 heteroatoms. The Kier molecular flexibility index (Phi) is 4.34. The zero-order valence-corrected chi connectivity index (χ0v) is 12.3. The van der Waals surface area contributed by atoms with Gasteiger partial charge in [-0.3, -0.25) is 0 Å². The van der Waals surface area contributed by atoms with Gasteiger partial charge in [0.15, 0.2) is 0 Å². The van der Waals surface area contributed by atoms with Gasteiger partial charge in [0.1, 0.15) is 16.2 Å². The molecule has 0 aliphatic heterocycles. The van der Waals surface area contributed by atoms with E-state index in [1.807, 2.05) is 0 Å². The molecule has 0 fully saturated rings. The minimum absolute atomic E-state index is 0.174. The summed E-state index contributed by atoms with van der Waals surface area (Å²) >= 11 is 4.53. The van der Waals surface area contributed by atoms with E-state index in [0.717, 1.165) is 0 Å². The highest BCUT2D eigenvalue weighted by molar-refractivity contribution is 9.10. The summed E-state index contributed by atoms with van der Waals surface area (Å²) in [6, 6.07) is 8.18. The van der Waals surface area contributed by atoms with Crippen molar-refractivity contribution in [3.63, 3.8) is 0 Å². The zero-order chi connectivity index (χ0) is 13.8. The second-order valence-corrected chi connectivity index (χ2v) is 5.36. The van der Waals surface area contributed by atoms with Crippen molar-refractivity contribution < 1.29 is 19.1 Å². The van der Waals surface area contributed by atoms with E-state index in [2.05, 4.69) is 20.7 Å². The van der Waals surface area contributed by atoms with Crippen LogP contribution < -0.4 is 4.74 Å². The fourth-order valence-electron chi connectivity index (χ4n) is 1.41. The van der Waals surface area contributed by atoms with E-state index in [9.17, 15) is 9.59 Å². The average molecular weight is 341 g/mol. The number of carbonyl (C=O) groups excluding carboxylic acids is 2. The van der Waals surface area contributed by atoms with Crippen LogP contribution in [0, 0.1) is 0 Å². The summed E-state index contributed by atoms with van der Waals surface area (Å²) in [6.45, 7) is 0. The fourth-order valence-corrected chi connectivity index (χ4v) is 2.37. The summed E-state index contributed by atoms with van der Waals surface area (Å²) in [6.07, 6.45) is 0. The Morgan fingerprint density at radius 3 is 2.63 bits per heavy atom. The summed E-state index contributed by atoms with van der Waals surface area (Å²) in [5.41, 5.74) is 0.196. The van der Waals surface area contributed by atoms with E-state index < -0.39 is 11.9 Å². The normalized spacial score (nSPS) is 10.0. The van der Waals surface area contributed by atoms with E-state index in [-0.39, 0.29) is 11.3 Å². The maximum Gasteiger partial charge on any atom is 0.353 e. The van der Waals surface area contributed by atoms with Gasteiger partial charge in [-0.05, 0) is 29.6 Å². The quantitative estimate of drug-likeness (QED) is 0.633. The number of hydrogen-bond donors (Lipinski definition) is 0. The number of rotatable bonds is 3. The molecule has 0 N–H and O–H groups in total. The van der Waals surface area contributed by atoms with Gasteiger partial charge in [-0.2, -0.15) is 0 Å². The predicted molar refractivity (Wildman–Crippen MR) is 74.8 cm³/mol. The van der Waals surface area contributed by atoms with Crippen molar-refractivity contribution in [1.29, 1.82) is 0 Å². The Balaban J connectivity index is 2.29. The molecule has 0 atom stereocenters. The second kappa shape index (κ2) is 5.99. The average Bonchev–Trinajstić information content (AvgIpc) is 2.94. The Bertz CT molecular complexity index is 607. The number of benzene rings is 1. The molecule has 1 aromatic heterocycles. The third-order valence-electron chi connectivity index (χ3n) is 2.27. The molecule has 4 nitrogen and oxygen atoms in total. The maximum absolute atomic E-state index is 11.8. The van der Waals surface area contributed by atoms with Crippen molar-refractivity contribution in [3.05, 3.63) is 50.6 Å². The van der Waals surface area contributed by atoms with Gasteiger partial charge in [0.2, 0.25) is 0 Å². The SMILES string of the molecule is COC(=O)c1cc(Br)ccc1OC(=O)c1cccs1. The number of esters is 2. The summed E-state index contributed by atoms with van der Waals surface area (Å²) in [7, 11) is 1.27. The molecule has 0 bridgehead atoms. The predicted octanol–water partition coefficient (Wildman–Crippen LogP) is 3.52. The first-order chi connectivity index (χ1) is 9.11. The summed E-state index contributed by atoms with van der Waals surface area (Å²) < 4.78 is 10.6. The van der Waals surface area contributed by atoms with Crippen LogP contribution in [0.4, 0.5) is 0 Å². The van der Waals surface area contributed by atoms with Crippen molar-refractivity contribution in [1.82, 2.24) is 0 Å². The van der Waals surface area contributed by atoms with Gasteiger partial charge in [-0.25, -0.2) is 9.59 Å². The van der Waals surface area contributed by atoms with Crippen molar-refractivity contribution in [2.75, 3.05) is 7.11 Å². The van der Waals surface area contributed by atoms with Crippen LogP contribution in [0.3, 0.4) is 0 Å². The van der Waals surface area contributed by atoms with E-state index >= 15 is 0 Å². The van der Waals surface area contributed by atoms with E-state index in [1.54, 1.807) is 35.7 Å². The minimum Gasteiger partial charge on any atom is -0.465 e. The van der Waals surface area contributed by atoms with Gasteiger partial charge in [0.05, 0.1) is 7.11 Å². The van der Waals surface area contributed by atoms with Crippen molar-refractivity contribution >= 4 is 39.2 Å². The van der Waals surface area contributed by atoms with Crippen molar-refractivity contribution in [2.45, 2.75) is 0 Å². The molecule has 0 aliphatic rings. The molecule has 0 saturated heterocycles. The highest BCUT2D eigenvalue weighted by Crippen LogP contribution is 2.25. The first kappa shape index (κ1) is 13.8. The molecule has 0 amide bonds. The molecule has 0 unspecified atom stereocenters. The van der Waals surface area contributed by atoms with Gasteiger partial charge in [0, 0.05) is 4.47 Å². The van der Waals surface area contributed by atoms with Gasteiger partial charge in [0.25, 0.3) is 0 Å². The van der Waals surface area contributed by atoms with Crippen LogP contribution in [0.15, 0.2) is 40.2 Å². The Hall–Kier alpha value is -1.66. The van der Waals surface area contributed by atoms with Crippen LogP contribution in [0.5, 0.6) is 5.75 Å². The summed E-state index contributed by atoms with van der Waals surface area (Å²) in [5.74, 6) is -0.883. The number of hydrogen-bond acceptors (Lipinski definition) is 5. The molecule has 19 heavy (non-hydrogen) atoms. The summed E-state index contributed by atoms with van der Waals surface area (Å²) in [4.78, 5) is 23.9. The van der Waals surface area contributed by atoms with Crippen LogP contribution >= 0.6 is 27.3 Å². The third-order valence-corrected chi connectivity index (χ3v) is 3.62. The van der Waals surface area contributed by atoms with Crippen LogP contribution in [0.25, 0.3) is 0 Å². The first-order valence-corrected chi connectivity index (χ1v) is 6.92. The Morgan fingerprint density at radius 2 is 2.00 bits per heavy atom. The third kappa shape index (κ3) is 3.21. The van der Waals surface area contributed by atoms with Gasteiger partial charge < -0.3 is 9.47 Å². The molecule has 0 aliphatic carbocycles. The highest BCUT2D eigenvalue weighted by Gasteiger charge is 2.17. The lowest BCUT2D eigenvalue weighted by Crippen LogP contribution is -2.11. The first-order valence-electron chi connectivity index (χ1n) is 5.25. The van der Waals surface area contributed by atoms with Crippen LogP contribution in [-0.2, 0) is 4.74 Å². The standard InChI is InChI=1S/C13H9BrO4S/c1-17-12(15)9-7-8(14)4-5-10(9)18-13(16)11-3-2-6-19-11/h2-7H,1H3. The van der Waals surface area contributed by atoms with Gasteiger partial charge >= 0.3 is 11.9 Å². The molecule has 0 spiro atoms. The molecule has 98 valence electrons.